The van der Waals surface area contributed by atoms with Crippen molar-refractivity contribution in [1.82, 2.24) is 0 Å². The maximum Gasteiger partial charge on any atom is 0.178 e. The van der Waals surface area contributed by atoms with Crippen molar-refractivity contribution in [1.29, 1.82) is 0 Å². The van der Waals surface area contributed by atoms with E-state index < -0.39 is 0 Å². The minimum absolute atomic E-state index is 0.121. The average Bonchev–Trinajstić information content (AvgIpc) is 1.97. The molecule has 0 aromatic heterocycles. The third-order valence-electron chi connectivity index (χ3n) is 0.824. The number of carbonyl (C=O) groups excluding carboxylic acids is 3. The number of rotatable bonds is 0. The summed E-state index contributed by atoms with van der Waals surface area (Å²) >= 11 is 0. The van der Waals surface area contributed by atoms with Crippen LogP contribution >= 0.6 is 0 Å². The largest absolute Gasteiger partial charge is 0.304 e. The van der Waals surface area contributed by atoms with Crippen molar-refractivity contribution in [3.05, 3.63) is 24.3 Å². The molecule has 0 N–H and O–H groups in total. The zero-order valence-electron chi connectivity index (χ0n) is 6.11. The molecule has 1 aliphatic rings. The maximum atomic E-state index is 10.3. The first-order valence-corrected chi connectivity index (χ1v) is 3.04. The molecule has 0 aliphatic heterocycles. The number of ketones is 2. The van der Waals surface area contributed by atoms with Gasteiger partial charge in [-0.25, -0.2) is 0 Å². The van der Waals surface area contributed by atoms with Crippen LogP contribution in [-0.2, 0) is 14.4 Å². The second-order valence-electron chi connectivity index (χ2n) is 1.71. The molecule has 0 heterocycles. The lowest BCUT2D eigenvalue weighted by Crippen LogP contribution is -1.97. The van der Waals surface area contributed by atoms with Crippen molar-refractivity contribution in [2.24, 2.45) is 0 Å². The number of carbonyl (C=O) groups is 3. The van der Waals surface area contributed by atoms with Gasteiger partial charge in [0.15, 0.2) is 11.6 Å². The molecule has 0 aromatic carbocycles. The predicted molar refractivity (Wildman–Crippen MR) is 40.0 cm³/mol. The molecule has 0 spiro atoms. The topological polar surface area (TPSA) is 51.2 Å². The van der Waals surface area contributed by atoms with Crippen LogP contribution in [0.15, 0.2) is 24.3 Å². The van der Waals surface area contributed by atoms with Gasteiger partial charge in [0.05, 0.1) is 0 Å². The van der Waals surface area contributed by atoms with Gasteiger partial charge in [-0.05, 0) is 31.2 Å². The Balaban J connectivity index is 0.000000292. The summed E-state index contributed by atoms with van der Waals surface area (Å²) in [5.41, 5.74) is 0. The van der Waals surface area contributed by atoms with Crippen molar-refractivity contribution in [3.8, 4) is 0 Å². The first-order valence-electron chi connectivity index (χ1n) is 3.04. The van der Waals surface area contributed by atoms with E-state index in [-0.39, 0.29) is 11.6 Å². The second-order valence-corrected chi connectivity index (χ2v) is 1.71. The van der Waals surface area contributed by atoms with Gasteiger partial charge in [-0.15, -0.1) is 0 Å². The maximum absolute atomic E-state index is 10.3. The van der Waals surface area contributed by atoms with E-state index >= 15 is 0 Å². The standard InChI is InChI=1S/C6H4O2.C2H4O/c7-5-1-2-6(8)4-3-5;1-2-3/h1-4H;2H,1H3. The van der Waals surface area contributed by atoms with E-state index in [1.807, 2.05) is 0 Å². The van der Waals surface area contributed by atoms with Crippen LogP contribution in [0.5, 0.6) is 0 Å². The van der Waals surface area contributed by atoms with Crippen LogP contribution in [0.3, 0.4) is 0 Å². The molecule has 0 saturated carbocycles. The smallest absolute Gasteiger partial charge is 0.178 e. The van der Waals surface area contributed by atoms with Gasteiger partial charge in [-0.1, -0.05) is 0 Å². The summed E-state index contributed by atoms with van der Waals surface area (Å²) in [5.74, 6) is -0.241. The molecular formula is C8H8O3. The van der Waals surface area contributed by atoms with Crippen LogP contribution in [0.25, 0.3) is 0 Å². The van der Waals surface area contributed by atoms with Crippen LogP contribution in [0.1, 0.15) is 6.92 Å². The van der Waals surface area contributed by atoms with Crippen molar-refractivity contribution in [3.63, 3.8) is 0 Å². The summed E-state index contributed by atoms with van der Waals surface area (Å²) in [5, 5.41) is 0. The highest BCUT2D eigenvalue weighted by Crippen LogP contribution is 1.90. The van der Waals surface area contributed by atoms with Gasteiger partial charge in [-0.3, -0.25) is 9.59 Å². The molecule has 0 amide bonds. The highest BCUT2D eigenvalue weighted by Gasteiger charge is 1.97. The van der Waals surface area contributed by atoms with E-state index in [1.165, 1.54) is 31.2 Å². The molecule has 0 unspecified atom stereocenters. The van der Waals surface area contributed by atoms with E-state index in [0.717, 1.165) is 6.29 Å². The van der Waals surface area contributed by atoms with Crippen molar-refractivity contribution in [2.75, 3.05) is 0 Å². The summed E-state index contributed by atoms with van der Waals surface area (Å²) < 4.78 is 0. The minimum atomic E-state index is -0.121. The van der Waals surface area contributed by atoms with Crippen LogP contribution in [0.4, 0.5) is 0 Å². The summed E-state index contributed by atoms with van der Waals surface area (Å²) in [6.07, 6.45) is 5.76. The summed E-state index contributed by atoms with van der Waals surface area (Å²) in [6, 6.07) is 0. The van der Waals surface area contributed by atoms with Gasteiger partial charge >= 0.3 is 0 Å². The number of hydrogen-bond donors (Lipinski definition) is 0. The Morgan fingerprint density at radius 2 is 1.18 bits per heavy atom. The fourth-order valence-corrected chi connectivity index (χ4v) is 0.440. The van der Waals surface area contributed by atoms with Gasteiger partial charge in [0, 0.05) is 0 Å². The van der Waals surface area contributed by atoms with E-state index in [2.05, 4.69) is 0 Å². The Bertz CT molecular complexity index is 185. The molecule has 0 atom stereocenters. The summed E-state index contributed by atoms with van der Waals surface area (Å²) in [6.45, 7) is 1.44. The monoisotopic (exact) mass is 152 g/mol. The molecule has 1 aliphatic carbocycles. The average molecular weight is 152 g/mol. The molecule has 58 valence electrons. The van der Waals surface area contributed by atoms with Crippen molar-refractivity contribution in [2.45, 2.75) is 6.92 Å². The zero-order chi connectivity index (χ0) is 8.69. The molecule has 0 fully saturated rings. The first kappa shape index (κ1) is 9.49. The molecule has 0 bridgehead atoms. The van der Waals surface area contributed by atoms with Crippen molar-refractivity contribution >= 4 is 17.9 Å². The lowest BCUT2D eigenvalue weighted by molar-refractivity contribution is -0.113. The highest BCUT2D eigenvalue weighted by molar-refractivity contribution is 6.14. The van der Waals surface area contributed by atoms with Gasteiger partial charge in [-0.2, -0.15) is 0 Å². The molecular weight excluding hydrogens is 144 g/mol. The second kappa shape index (κ2) is 5.29. The molecule has 3 heteroatoms. The minimum Gasteiger partial charge on any atom is -0.304 e. The number of allylic oxidation sites excluding steroid dienone is 4. The fourth-order valence-electron chi connectivity index (χ4n) is 0.440. The van der Waals surface area contributed by atoms with E-state index in [9.17, 15) is 9.59 Å². The van der Waals surface area contributed by atoms with Gasteiger partial charge < -0.3 is 4.79 Å². The molecule has 1 rings (SSSR count). The van der Waals surface area contributed by atoms with E-state index in [0.29, 0.717) is 0 Å². The number of hydrogen-bond acceptors (Lipinski definition) is 3. The van der Waals surface area contributed by atoms with E-state index in [1.54, 1.807) is 0 Å². The normalized spacial score (nSPS) is 13.9. The predicted octanol–water partition coefficient (Wildman–Crippen LogP) is 0.456. The van der Waals surface area contributed by atoms with Gasteiger partial charge in [0.1, 0.15) is 6.29 Å². The molecule has 3 nitrogen and oxygen atoms in total. The first-order chi connectivity index (χ1) is 5.20. The Labute approximate surface area is 64.4 Å². The van der Waals surface area contributed by atoms with Crippen LogP contribution in [0.2, 0.25) is 0 Å². The number of aldehydes is 1. The molecule has 0 aromatic rings. The lowest BCUT2D eigenvalue weighted by Gasteiger charge is -1.87. The quantitative estimate of drug-likeness (QED) is 0.374. The van der Waals surface area contributed by atoms with Crippen LogP contribution in [-0.4, -0.2) is 17.9 Å². The van der Waals surface area contributed by atoms with Crippen LogP contribution in [0, 0.1) is 0 Å². The van der Waals surface area contributed by atoms with Gasteiger partial charge in [0.25, 0.3) is 0 Å². The molecule has 0 radical (unpaired) electrons. The van der Waals surface area contributed by atoms with Gasteiger partial charge in [0.2, 0.25) is 0 Å². The van der Waals surface area contributed by atoms with E-state index in [4.69, 9.17) is 4.79 Å². The summed E-state index contributed by atoms with van der Waals surface area (Å²) in [7, 11) is 0. The molecule has 0 saturated heterocycles. The Kier molecular flexibility index (Phi) is 4.56. The fraction of sp³-hybridized carbons (Fsp3) is 0.125. The Hall–Kier alpha value is -1.51. The third kappa shape index (κ3) is 4.96. The highest BCUT2D eigenvalue weighted by atomic mass is 16.1. The zero-order valence-corrected chi connectivity index (χ0v) is 6.11. The van der Waals surface area contributed by atoms with Crippen molar-refractivity contribution < 1.29 is 14.4 Å². The summed E-state index contributed by atoms with van der Waals surface area (Å²) in [4.78, 5) is 29.4. The molecule has 11 heavy (non-hydrogen) atoms. The van der Waals surface area contributed by atoms with Crippen LogP contribution < -0.4 is 0 Å². The lowest BCUT2D eigenvalue weighted by atomic mass is 10.2. The Morgan fingerprint density at radius 1 is 1.00 bits per heavy atom. The Morgan fingerprint density at radius 3 is 1.36 bits per heavy atom. The third-order valence-corrected chi connectivity index (χ3v) is 0.824. The SMILES string of the molecule is CC=O.O=C1C=CC(=O)C=C1.